The van der Waals surface area contributed by atoms with Crippen molar-refractivity contribution in [1.29, 1.82) is 0 Å². The first-order valence-electron chi connectivity index (χ1n) is 6.45. The molecule has 0 fully saturated rings. The topological polar surface area (TPSA) is 29.5 Å². The monoisotopic (exact) mass is 276 g/mol. The predicted octanol–water partition coefficient (Wildman–Crippen LogP) is 3.68. The summed E-state index contributed by atoms with van der Waals surface area (Å²) in [6.45, 7) is 1.91. The number of rotatable bonds is 6. The zero-order chi connectivity index (χ0) is 13.7. The second-order valence-electron chi connectivity index (χ2n) is 5.15. The fraction of sp³-hybridized carbons (Fsp3) is 0.375. The molecule has 0 amide bonds. The van der Waals surface area contributed by atoms with Crippen molar-refractivity contribution in [2.45, 2.75) is 31.8 Å². The van der Waals surface area contributed by atoms with E-state index in [4.69, 9.17) is 4.74 Å². The molecule has 1 heterocycles. The van der Waals surface area contributed by atoms with E-state index in [2.05, 4.69) is 16.8 Å². The Morgan fingerprint density at radius 2 is 1.89 bits per heavy atom. The number of hydrogen-bond donors (Lipinski definition) is 1. The highest BCUT2D eigenvalue weighted by Gasteiger charge is 2.20. The number of ether oxygens (including phenoxy) is 1. The first-order chi connectivity index (χ1) is 9.09. The van der Waals surface area contributed by atoms with Gasteiger partial charge in [0.05, 0.1) is 12.7 Å². The van der Waals surface area contributed by atoms with Crippen LogP contribution in [0.3, 0.4) is 0 Å². The van der Waals surface area contributed by atoms with Crippen molar-refractivity contribution in [3.63, 3.8) is 0 Å². The van der Waals surface area contributed by atoms with Crippen molar-refractivity contribution < 1.29 is 9.84 Å². The molecule has 0 radical (unpaired) electrons. The summed E-state index contributed by atoms with van der Waals surface area (Å²) in [4.78, 5) is 0. The molecule has 3 heteroatoms. The van der Waals surface area contributed by atoms with Gasteiger partial charge in [0.2, 0.25) is 0 Å². The number of hydrogen-bond acceptors (Lipinski definition) is 3. The largest absolute Gasteiger partial charge is 0.497 e. The van der Waals surface area contributed by atoms with E-state index in [9.17, 15) is 5.11 Å². The van der Waals surface area contributed by atoms with Gasteiger partial charge in [-0.1, -0.05) is 12.1 Å². The normalized spacial score (nSPS) is 14.1. The highest BCUT2D eigenvalue weighted by atomic mass is 32.1. The summed E-state index contributed by atoms with van der Waals surface area (Å²) in [7, 11) is 1.66. The van der Waals surface area contributed by atoms with Crippen molar-refractivity contribution >= 4 is 11.3 Å². The molecule has 102 valence electrons. The molecule has 19 heavy (non-hydrogen) atoms. The van der Waals surface area contributed by atoms with E-state index >= 15 is 0 Å². The summed E-state index contributed by atoms with van der Waals surface area (Å²) in [5.74, 6) is 0.849. The zero-order valence-electron chi connectivity index (χ0n) is 11.4. The van der Waals surface area contributed by atoms with Gasteiger partial charge in [0.1, 0.15) is 5.75 Å². The van der Waals surface area contributed by atoms with Crippen LogP contribution in [0.1, 0.15) is 24.5 Å². The maximum Gasteiger partial charge on any atom is 0.118 e. The van der Waals surface area contributed by atoms with Gasteiger partial charge in [-0.05, 0) is 59.9 Å². The third kappa shape index (κ3) is 4.37. The predicted molar refractivity (Wildman–Crippen MR) is 80.0 cm³/mol. The van der Waals surface area contributed by atoms with Gasteiger partial charge in [-0.3, -0.25) is 0 Å². The van der Waals surface area contributed by atoms with Crippen molar-refractivity contribution in [3.8, 4) is 5.75 Å². The van der Waals surface area contributed by atoms with Crippen LogP contribution in [0, 0.1) is 0 Å². The van der Waals surface area contributed by atoms with Gasteiger partial charge in [0.25, 0.3) is 0 Å². The minimum absolute atomic E-state index is 0.668. The van der Waals surface area contributed by atoms with Gasteiger partial charge >= 0.3 is 0 Å². The molecule has 1 atom stereocenters. The van der Waals surface area contributed by atoms with Gasteiger partial charge in [0, 0.05) is 6.42 Å². The maximum absolute atomic E-state index is 10.5. The highest BCUT2D eigenvalue weighted by Crippen LogP contribution is 2.22. The van der Waals surface area contributed by atoms with Gasteiger partial charge in [0.15, 0.2) is 0 Å². The molecule has 0 saturated carbocycles. The van der Waals surface area contributed by atoms with E-state index in [-0.39, 0.29) is 0 Å². The second kappa shape index (κ2) is 6.22. The maximum atomic E-state index is 10.5. The van der Waals surface area contributed by atoms with Crippen LogP contribution in [0.2, 0.25) is 0 Å². The Balaban J connectivity index is 1.91. The van der Waals surface area contributed by atoms with Crippen LogP contribution < -0.4 is 4.74 Å². The fourth-order valence-electron chi connectivity index (χ4n) is 2.12. The Labute approximate surface area is 118 Å². The summed E-state index contributed by atoms with van der Waals surface area (Å²) in [6, 6.07) is 10.0. The van der Waals surface area contributed by atoms with Crippen molar-refractivity contribution in [1.82, 2.24) is 0 Å². The number of aryl methyl sites for hydroxylation is 1. The molecule has 0 aliphatic heterocycles. The molecule has 0 spiro atoms. The van der Waals surface area contributed by atoms with E-state index in [0.29, 0.717) is 6.42 Å². The van der Waals surface area contributed by atoms with Gasteiger partial charge in [-0.25, -0.2) is 0 Å². The summed E-state index contributed by atoms with van der Waals surface area (Å²) < 4.78 is 5.13. The lowest BCUT2D eigenvalue weighted by Crippen LogP contribution is -2.27. The van der Waals surface area contributed by atoms with Crippen LogP contribution in [0.15, 0.2) is 41.1 Å². The Bertz CT molecular complexity index is 486. The molecule has 0 aliphatic rings. The Kier molecular flexibility index (Phi) is 4.61. The molecule has 0 saturated heterocycles. The quantitative estimate of drug-likeness (QED) is 0.872. The fourth-order valence-corrected chi connectivity index (χ4v) is 2.82. The number of methoxy groups -OCH3 is 1. The SMILES string of the molecule is COc1ccc(CC(C)(O)CCc2ccsc2)cc1. The van der Waals surface area contributed by atoms with E-state index in [1.54, 1.807) is 18.4 Å². The molecule has 2 nitrogen and oxygen atoms in total. The lowest BCUT2D eigenvalue weighted by molar-refractivity contribution is 0.0516. The molecule has 2 aromatic rings. The molecule has 1 N–H and O–H groups in total. The van der Waals surface area contributed by atoms with Gasteiger partial charge in [-0.15, -0.1) is 0 Å². The van der Waals surface area contributed by atoms with Crippen LogP contribution in [-0.4, -0.2) is 17.8 Å². The first-order valence-corrected chi connectivity index (χ1v) is 7.40. The van der Waals surface area contributed by atoms with E-state index < -0.39 is 5.60 Å². The van der Waals surface area contributed by atoms with E-state index in [1.165, 1.54) is 5.56 Å². The van der Waals surface area contributed by atoms with E-state index in [0.717, 1.165) is 24.2 Å². The highest BCUT2D eigenvalue weighted by molar-refractivity contribution is 7.07. The summed E-state index contributed by atoms with van der Waals surface area (Å²) in [5.41, 5.74) is 1.77. The molecular weight excluding hydrogens is 256 g/mol. The molecular formula is C16H20O2S. The van der Waals surface area contributed by atoms with Crippen LogP contribution in [0.25, 0.3) is 0 Å². The molecule has 0 aliphatic carbocycles. The lowest BCUT2D eigenvalue weighted by Gasteiger charge is -2.23. The summed E-state index contributed by atoms with van der Waals surface area (Å²) in [6.07, 6.45) is 2.36. The minimum Gasteiger partial charge on any atom is -0.497 e. The Morgan fingerprint density at radius 3 is 2.47 bits per heavy atom. The third-order valence-electron chi connectivity index (χ3n) is 3.28. The summed E-state index contributed by atoms with van der Waals surface area (Å²) >= 11 is 1.70. The van der Waals surface area contributed by atoms with Crippen LogP contribution in [-0.2, 0) is 12.8 Å². The summed E-state index contributed by atoms with van der Waals surface area (Å²) in [5, 5.41) is 14.7. The van der Waals surface area contributed by atoms with Crippen LogP contribution in [0.4, 0.5) is 0 Å². The van der Waals surface area contributed by atoms with E-state index in [1.807, 2.05) is 31.2 Å². The van der Waals surface area contributed by atoms with Crippen LogP contribution in [0.5, 0.6) is 5.75 Å². The molecule has 0 bridgehead atoms. The Morgan fingerprint density at radius 1 is 1.16 bits per heavy atom. The van der Waals surface area contributed by atoms with Gasteiger partial charge < -0.3 is 9.84 Å². The third-order valence-corrected chi connectivity index (χ3v) is 4.01. The molecule has 1 aromatic carbocycles. The number of thiophene rings is 1. The Hall–Kier alpha value is -1.32. The number of benzene rings is 1. The second-order valence-corrected chi connectivity index (χ2v) is 5.93. The van der Waals surface area contributed by atoms with Gasteiger partial charge in [-0.2, -0.15) is 11.3 Å². The van der Waals surface area contributed by atoms with Crippen molar-refractivity contribution in [3.05, 3.63) is 52.2 Å². The average Bonchev–Trinajstić information content (AvgIpc) is 2.90. The smallest absolute Gasteiger partial charge is 0.118 e. The van der Waals surface area contributed by atoms with Crippen molar-refractivity contribution in [2.24, 2.45) is 0 Å². The minimum atomic E-state index is -0.670. The number of aliphatic hydroxyl groups is 1. The first kappa shape index (κ1) is 14.1. The molecule has 1 unspecified atom stereocenters. The van der Waals surface area contributed by atoms with Crippen LogP contribution >= 0.6 is 11.3 Å². The lowest BCUT2D eigenvalue weighted by atomic mass is 9.91. The zero-order valence-corrected chi connectivity index (χ0v) is 12.2. The molecule has 1 aromatic heterocycles. The standard InChI is InChI=1S/C16H20O2S/c1-16(17,9-7-14-8-10-19-12-14)11-13-3-5-15(18-2)6-4-13/h3-6,8,10,12,17H,7,9,11H2,1-2H3. The molecule has 2 rings (SSSR count). The average molecular weight is 276 g/mol. The van der Waals surface area contributed by atoms with Crippen molar-refractivity contribution in [2.75, 3.05) is 7.11 Å².